The standard InChI is InChI=1S/C16H24N6S.HI/c1-3-15-21-20-13-22(15)11-9-18-16(17-2)19-10-12-23-14-7-5-4-6-8-14;/h4-8,13H,3,9-12H2,1-2H3,(H2,17,18,19);1H. The molecule has 0 atom stereocenters. The molecule has 0 aliphatic carbocycles. The molecule has 1 heterocycles. The molecule has 0 spiro atoms. The summed E-state index contributed by atoms with van der Waals surface area (Å²) in [6, 6.07) is 10.4. The van der Waals surface area contributed by atoms with E-state index >= 15 is 0 Å². The van der Waals surface area contributed by atoms with Crippen LogP contribution in [-0.2, 0) is 13.0 Å². The minimum absolute atomic E-state index is 0. The zero-order valence-corrected chi connectivity index (χ0v) is 17.3. The van der Waals surface area contributed by atoms with Crippen LogP contribution in [0.4, 0.5) is 0 Å². The lowest BCUT2D eigenvalue weighted by Gasteiger charge is -2.12. The van der Waals surface area contributed by atoms with Crippen LogP contribution in [-0.4, -0.2) is 46.6 Å². The predicted octanol–water partition coefficient (Wildman–Crippen LogP) is 2.42. The number of halogens is 1. The Labute approximate surface area is 164 Å². The Morgan fingerprint density at radius 1 is 1.21 bits per heavy atom. The molecule has 1 aromatic carbocycles. The number of rotatable bonds is 8. The van der Waals surface area contributed by atoms with Crippen molar-refractivity contribution in [1.29, 1.82) is 0 Å². The number of thioether (sulfide) groups is 1. The first-order valence-corrected chi connectivity index (χ1v) is 8.81. The van der Waals surface area contributed by atoms with Crippen LogP contribution in [0.25, 0.3) is 0 Å². The minimum Gasteiger partial charge on any atom is -0.356 e. The van der Waals surface area contributed by atoms with Gasteiger partial charge in [0.15, 0.2) is 5.96 Å². The van der Waals surface area contributed by atoms with Gasteiger partial charge in [-0.3, -0.25) is 4.99 Å². The molecule has 0 aliphatic heterocycles. The van der Waals surface area contributed by atoms with Crippen molar-refractivity contribution in [3.63, 3.8) is 0 Å². The van der Waals surface area contributed by atoms with Gasteiger partial charge in [-0.1, -0.05) is 25.1 Å². The van der Waals surface area contributed by atoms with Gasteiger partial charge in [0, 0.05) is 43.8 Å². The van der Waals surface area contributed by atoms with Gasteiger partial charge in [0.1, 0.15) is 12.2 Å². The summed E-state index contributed by atoms with van der Waals surface area (Å²) in [5.41, 5.74) is 0. The van der Waals surface area contributed by atoms with Crippen molar-refractivity contribution in [3.05, 3.63) is 42.5 Å². The molecule has 132 valence electrons. The third-order valence-corrected chi connectivity index (χ3v) is 4.30. The summed E-state index contributed by atoms with van der Waals surface area (Å²) < 4.78 is 2.06. The maximum atomic E-state index is 4.24. The molecule has 2 N–H and O–H groups in total. The second-order valence-electron chi connectivity index (χ2n) is 4.88. The lowest BCUT2D eigenvalue weighted by Crippen LogP contribution is -2.39. The van der Waals surface area contributed by atoms with Crippen LogP contribution in [0.5, 0.6) is 0 Å². The van der Waals surface area contributed by atoms with Crippen molar-refractivity contribution in [3.8, 4) is 0 Å². The quantitative estimate of drug-likeness (QED) is 0.208. The van der Waals surface area contributed by atoms with Crippen LogP contribution in [0.3, 0.4) is 0 Å². The second kappa shape index (κ2) is 12.1. The first-order valence-electron chi connectivity index (χ1n) is 7.82. The summed E-state index contributed by atoms with van der Waals surface area (Å²) in [6.07, 6.45) is 2.66. The van der Waals surface area contributed by atoms with Crippen molar-refractivity contribution in [2.24, 2.45) is 4.99 Å². The molecule has 8 heteroatoms. The van der Waals surface area contributed by atoms with Crippen LogP contribution >= 0.6 is 35.7 Å². The fraction of sp³-hybridized carbons (Fsp3) is 0.438. The second-order valence-corrected chi connectivity index (χ2v) is 6.05. The lowest BCUT2D eigenvalue weighted by atomic mass is 10.4. The van der Waals surface area contributed by atoms with Gasteiger partial charge in [-0.25, -0.2) is 0 Å². The molecule has 0 bridgehead atoms. The van der Waals surface area contributed by atoms with Crippen molar-refractivity contribution >= 4 is 41.7 Å². The fourth-order valence-corrected chi connectivity index (χ4v) is 2.90. The van der Waals surface area contributed by atoms with Crippen LogP contribution in [0.2, 0.25) is 0 Å². The summed E-state index contributed by atoms with van der Waals surface area (Å²) in [5.74, 6) is 2.83. The van der Waals surface area contributed by atoms with Crippen LogP contribution < -0.4 is 10.6 Å². The highest BCUT2D eigenvalue weighted by Gasteiger charge is 2.02. The highest BCUT2D eigenvalue weighted by molar-refractivity contribution is 14.0. The zero-order valence-electron chi connectivity index (χ0n) is 14.1. The SMILES string of the molecule is CCc1nncn1CCNC(=NC)NCCSc1ccccc1.I. The number of hydrogen-bond donors (Lipinski definition) is 2. The first-order chi connectivity index (χ1) is 11.3. The normalized spacial score (nSPS) is 11.0. The van der Waals surface area contributed by atoms with Gasteiger partial charge in [0.25, 0.3) is 0 Å². The van der Waals surface area contributed by atoms with E-state index in [4.69, 9.17) is 0 Å². The van der Waals surface area contributed by atoms with E-state index in [1.807, 2.05) is 17.8 Å². The number of guanidine groups is 1. The third-order valence-electron chi connectivity index (χ3n) is 3.29. The monoisotopic (exact) mass is 460 g/mol. The molecule has 0 amide bonds. The number of nitrogens with zero attached hydrogens (tertiary/aromatic N) is 4. The zero-order chi connectivity index (χ0) is 16.3. The molecule has 0 saturated carbocycles. The lowest BCUT2D eigenvalue weighted by molar-refractivity contribution is 0.634. The van der Waals surface area contributed by atoms with Crippen LogP contribution in [0, 0.1) is 0 Å². The van der Waals surface area contributed by atoms with Gasteiger partial charge in [-0.15, -0.1) is 45.9 Å². The Morgan fingerprint density at radius 3 is 2.67 bits per heavy atom. The van der Waals surface area contributed by atoms with Crippen molar-refractivity contribution < 1.29 is 0 Å². The van der Waals surface area contributed by atoms with Crippen LogP contribution in [0.15, 0.2) is 46.5 Å². The highest BCUT2D eigenvalue weighted by atomic mass is 127. The largest absolute Gasteiger partial charge is 0.356 e. The van der Waals surface area contributed by atoms with E-state index in [1.54, 1.807) is 13.4 Å². The predicted molar refractivity (Wildman–Crippen MR) is 111 cm³/mol. The Bertz CT molecular complexity index is 602. The van der Waals surface area contributed by atoms with Crippen molar-refractivity contribution in [1.82, 2.24) is 25.4 Å². The summed E-state index contributed by atoms with van der Waals surface area (Å²) >= 11 is 1.83. The molecule has 0 saturated heterocycles. The van der Waals surface area contributed by atoms with Gasteiger partial charge >= 0.3 is 0 Å². The van der Waals surface area contributed by atoms with E-state index in [1.165, 1.54) is 4.90 Å². The van der Waals surface area contributed by atoms with Gasteiger partial charge in [0.05, 0.1) is 0 Å². The van der Waals surface area contributed by atoms with Gasteiger partial charge in [0.2, 0.25) is 0 Å². The number of aryl methyl sites for hydroxylation is 1. The Balaban J connectivity index is 0.00000288. The summed E-state index contributed by atoms with van der Waals surface area (Å²) in [4.78, 5) is 5.53. The van der Waals surface area contributed by atoms with E-state index in [2.05, 4.69) is 61.6 Å². The molecular formula is C16H25IN6S. The van der Waals surface area contributed by atoms with Crippen molar-refractivity contribution in [2.75, 3.05) is 25.9 Å². The molecule has 0 radical (unpaired) electrons. The maximum Gasteiger partial charge on any atom is 0.191 e. The number of benzene rings is 1. The van der Waals surface area contributed by atoms with E-state index in [0.717, 1.165) is 43.6 Å². The third kappa shape index (κ3) is 7.08. The molecule has 0 fully saturated rings. The number of hydrogen-bond acceptors (Lipinski definition) is 4. The minimum atomic E-state index is 0. The Hall–Kier alpha value is -1.29. The molecular weight excluding hydrogens is 435 g/mol. The molecule has 2 aromatic rings. The topological polar surface area (TPSA) is 67.1 Å². The number of aromatic nitrogens is 3. The fourth-order valence-electron chi connectivity index (χ4n) is 2.11. The van der Waals surface area contributed by atoms with Gasteiger partial charge in [-0.2, -0.15) is 0 Å². The van der Waals surface area contributed by atoms with Gasteiger partial charge < -0.3 is 15.2 Å². The molecule has 2 rings (SSSR count). The molecule has 24 heavy (non-hydrogen) atoms. The average Bonchev–Trinajstić information content (AvgIpc) is 3.05. The van der Waals surface area contributed by atoms with E-state index < -0.39 is 0 Å². The summed E-state index contributed by atoms with van der Waals surface area (Å²) in [6.45, 7) is 4.57. The average molecular weight is 460 g/mol. The van der Waals surface area contributed by atoms with E-state index in [0.29, 0.717) is 0 Å². The van der Waals surface area contributed by atoms with Crippen LogP contribution in [0.1, 0.15) is 12.7 Å². The van der Waals surface area contributed by atoms with E-state index in [9.17, 15) is 0 Å². The van der Waals surface area contributed by atoms with Gasteiger partial charge in [-0.05, 0) is 12.1 Å². The smallest absolute Gasteiger partial charge is 0.191 e. The summed E-state index contributed by atoms with van der Waals surface area (Å²) in [5, 5.41) is 14.7. The molecule has 6 nitrogen and oxygen atoms in total. The highest BCUT2D eigenvalue weighted by Crippen LogP contribution is 2.15. The number of aliphatic imine (C=N–C) groups is 1. The maximum absolute atomic E-state index is 4.24. The molecule has 1 aromatic heterocycles. The number of nitrogens with one attached hydrogen (secondary N) is 2. The first kappa shape index (κ1) is 20.8. The van der Waals surface area contributed by atoms with Crippen molar-refractivity contribution in [2.45, 2.75) is 24.8 Å². The Kier molecular flexibility index (Phi) is 10.5. The Morgan fingerprint density at radius 2 is 1.96 bits per heavy atom. The molecule has 0 unspecified atom stereocenters. The molecule has 0 aliphatic rings. The van der Waals surface area contributed by atoms with E-state index in [-0.39, 0.29) is 24.0 Å². The summed E-state index contributed by atoms with van der Waals surface area (Å²) in [7, 11) is 1.79.